The molecule has 4 rings (SSSR count). The smallest absolute Gasteiger partial charge is 0.233 e. The van der Waals surface area contributed by atoms with Crippen molar-refractivity contribution in [2.24, 2.45) is 0 Å². The van der Waals surface area contributed by atoms with E-state index < -0.39 is 15.1 Å². The van der Waals surface area contributed by atoms with Crippen LogP contribution in [0.4, 0.5) is 5.13 Å². The first-order valence-corrected chi connectivity index (χ1v) is 13.7. The van der Waals surface area contributed by atoms with Crippen molar-refractivity contribution < 1.29 is 17.9 Å². The molecule has 0 radical (unpaired) electrons. The Balaban J connectivity index is 1.63. The van der Waals surface area contributed by atoms with Crippen LogP contribution in [0.25, 0.3) is 10.2 Å². The van der Waals surface area contributed by atoms with Gasteiger partial charge in [-0.05, 0) is 68.3 Å². The van der Waals surface area contributed by atoms with E-state index in [1.807, 2.05) is 37.3 Å². The Hall–Kier alpha value is -3.30. The summed E-state index contributed by atoms with van der Waals surface area (Å²) in [6, 6.07) is 16.0. The molecular weight excluding hydrogens is 482 g/mol. The lowest BCUT2D eigenvalue weighted by Crippen LogP contribution is -2.31. The van der Waals surface area contributed by atoms with Crippen molar-refractivity contribution in [2.75, 3.05) is 11.5 Å². The van der Waals surface area contributed by atoms with E-state index in [4.69, 9.17) is 9.72 Å². The number of hydrogen-bond donors (Lipinski definition) is 0. The van der Waals surface area contributed by atoms with Gasteiger partial charge in [0.2, 0.25) is 5.91 Å². The van der Waals surface area contributed by atoms with Crippen LogP contribution in [0.5, 0.6) is 5.75 Å². The minimum atomic E-state index is -3.37. The van der Waals surface area contributed by atoms with Gasteiger partial charge in [-0.2, -0.15) is 0 Å². The fourth-order valence-electron chi connectivity index (χ4n) is 3.54. The second-order valence-electron chi connectivity index (χ2n) is 8.31. The third-order valence-corrected chi connectivity index (χ3v) is 8.69. The van der Waals surface area contributed by atoms with Crippen molar-refractivity contribution in [2.45, 2.75) is 43.9 Å². The Labute approximate surface area is 209 Å². The molecule has 2 aromatic carbocycles. The summed E-state index contributed by atoms with van der Waals surface area (Å²) in [4.78, 5) is 24.3. The molecular formula is C26H27N3O4S2. The van der Waals surface area contributed by atoms with Crippen molar-refractivity contribution >= 4 is 42.4 Å². The van der Waals surface area contributed by atoms with Gasteiger partial charge in [-0.1, -0.05) is 29.5 Å². The van der Waals surface area contributed by atoms with E-state index in [0.717, 1.165) is 27.1 Å². The Kier molecular flexibility index (Phi) is 7.47. The fourth-order valence-corrected chi connectivity index (χ4v) is 5.61. The molecule has 0 atom stereocenters. The van der Waals surface area contributed by atoms with E-state index in [1.54, 1.807) is 55.4 Å². The lowest BCUT2D eigenvalue weighted by atomic mass is 10.1. The number of hydrogen-bond acceptors (Lipinski definition) is 7. The lowest BCUT2D eigenvalue weighted by molar-refractivity contribution is -0.118. The van der Waals surface area contributed by atoms with Crippen LogP contribution in [0.15, 0.2) is 71.9 Å². The Morgan fingerprint density at radius 1 is 1.09 bits per heavy atom. The lowest BCUT2D eigenvalue weighted by Gasteiger charge is -2.20. The number of amides is 1. The van der Waals surface area contributed by atoms with Gasteiger partial charge in [-0.3, -0.25) is 14.7 Å². The average Bonchev–Trinajstić information content (AvgIpc) is 3.26. The Morgan fingerprint density at radius 2 is 1.86 bits per heavy atom. The maximum Gasteiger partial charge on any atom is 0.233 e. The molecule has 0 N–H and O–H groups in total. The number of benzene rings is 2. The summed E-state index contributed by atoms with van der Waals surface area (Å²) >= 11 is 1.43. The first-order chi connectivity index (χ1) is 16.8. The normalized spacial score (nSPS) is 11.7. The van der Waals surface area contributed by atoms with Crippen molar-refractivity contribution in [1.82, 2.24) is 9.97 Å². The summed E-state index contributed by atoms with van der Waals surface area (Å²) in [5.74, 6) is 0.620. The van der Waals surface area contributed by atoms with Gasteiger partial charge in [0.1, 0.15) is 5.75 Å². The van der Waals surface area contributed by atoms with E-state index >= 15 is 0 Å². The van der Waals surface area contributed by atoms with E-state index in [2.05, 4.69) is 4.98 Å². The predicted molar refractivity (Wildman–Crippen MR) is 139 cm³/mol. The van der Waals surface area contributed by atoms with Gasteiger partial charge in [-0.15, -0.1) is 0 Å². The molecule has 0 aliphatic rings. The van der Waals surface area contributed by atoms with Gasteiger partial charge in [0.15, 0.2) is 15.0 Å². The summed E-state index contributed by atoms with van der Waals surface area (Å²) in [5, 5.41) is 0.0775. The van der Waals surface area contributed by atoms with Crippen LogP contribution in [0.2, 0.25) is 0 Å². The summed E-state index contributed by atoms with van der Waals surface area (Å²) in [6.45, 7) is 6.13. The number of anilines is 1. The molecule has 0 aliphatic carbocycles. The van der Waals surface area contributed by atoms with E-state index in [9.17, 15) is 13.2 Å². The molecule has 0 saturated heterocycles. The topological polar surface area (TPSA) is 89.5 Å². The highest BCUT2D eigenvalue weighted by Gasteiger charge is 2.22. The van der Waals surface area contributed by atoms with Gasteiger partial charge in [0.05, 0.1) is 39.9 Å². The molecule has 1 amide bonds. The maximum absolute atomic E-state index is 13.5. The quantitative estimate of drug-likeness (QED) is 0.314. The molecule has 35 heavy (non-hydrogen) atoms. The molecule has 2 aromatic heterocycles. The van der Waals surface area contributed by atoms with Crippen LogP contribution in [0.1, 0.15) is 31.9 Å². The molecule has 0 aliphatic heterocycles. The number of carbonyl (C=O) groups is 1. The number of ether oxygens (including phenoxy) is 1. The number of sulfone groups is 1. The molecule has 4 aromatic rings. The average molecular weight is 510 g/mol. The molecule has 0 saturated carbocycles. The Morgan fingerprint density at radius 3 is 2.51 bits per heavy atom. The number of thiazole rings is 1. The highest BCUT2D eigenvalue weighted by atomic mass is 32.2. The zero-order valence-corrected chi connectivity index (χ0v) is 21.5. The number of pyridine rings is 1. The van der Waals surface area contributed by atoms with Crippen LogP contribution in [0, 0.1) is 0 Å². The molecule has 9 heteroatoms. The summed E-state index contributed by atoms with van der Waals surface area (Å²) in [5.41, 5.74) is 2.41. The third-order valence-electron chi connectivity index (χ3n) is 5.48. The van der Waals surface area contributed by atoms with Crippen molar-refractivity contribution in [3.8, 4) is 5.75 Å². The minimum absolute atomic E-state index is 0.113. The largest absolute Gasteiger partial charge is 0.494 e. The SMILES string of the molecule is CCOc1ccc2nc(N(Cc3cccnc3)C(=O)Cc3ccc(S(=O)(=O)C(C)C)cc3)sc2c1. The van der Waals surface area contributed by atoms with Crippen LogP contribution < -0.4 is 9.64 Å². The molecule has 7 nitrogen and oxygen atoms in total. The van der Waals surface area contributed by atoms with Gasteiger partial charge >= 0.3 is 0 Å². The monoisotopic (exact) mass is 509 g/mol. The predicted octanol–water partition coefficient (Wildman–Crippen LogP) is 5.05. The van der Waals surface area contributed by atoms with Gasteiger partial charge in [0.25, 0.3) is 0 Å². The van der Waals surface area contributed by atoms with Crippen molar-refractivity contribution in [3.63, 3.8) is 0 Å². The van der Waals surface area contributed by atoms with Crippen LogP contribution in [-0.2, 0) is 27.6 Å². The fraction of sp³-hybridized carbons (Fsp3) is 0.269. The van der Waals surface area contributed by atoms with Crippen molar-refractivity contribution in [3.05, 3.63) is 78.1 Å². The van der Waals surface area contributed by atoms with E-state index in [1.165, 1.54) is 11.3 Å². The van der Waals surface area contributed by atoms with Gasteiger partial charge in [0, 0.05) is 12.4 Å². The third kappa shape index (κ3) is 5.68. The summed E-state index contributed by atoms with van der Waals surface area (Å²) in [6.07, 6.45) is 3.53. The van der Waals surface area contributed by atoms with Crippen LogP contribution >= 0.6 is 11.3 Å². The second-order valence-corrected chi connectivity index (χ2v) is 11.8. The van der Waals surface area contributed by atoms with Gasteiger partial charge < -0.3 is 4.74 Å². The number of rotatable bonds is 9. The van der Waals surface area contributed by atoms with E-state index in [-0.39, 0.29) is 17.2 Å². The zero-order valence-electron chi connectivity index (χ0n) is 19.8. The second kappa shape index (κ2) is 10.5. The Bertz CT molecular complexity index is 1420. The zero-order chi connectivity index (χ0) is 25.0. The summed E-state index contributed by atoms with van der Waals surface area (Å²) in [7, 11) is -3.37. The molecule has 182 valence electrons. The van der Waals surface area contributed by atoms with Crippen LogP contribution in [0.3, 0.4) is 0 Å². The number of nitrogens with zero attached hydrogens (tertiary/aromatic N) is 3. The molecule has 0 fully saturated rings. The van der Waals surface area contributed by atoms with E-state index in [0.29, 0.717) is 18.3 Å². The highest BCUT2D eigenvalue weighted by molar-refractivity contribution is 7.92. The standard InChI is InChI=1S/C26H27N3O4S2/c1-4-33-21-9-12-23-24(15-21)34-26(28-23)29(17-20-6-5-13-27-16-20)25(30)14-19-7-10-22(11-8-19)35(31,32)18(2)3/h5-13,15-16,18H,4,14,17H2,1-3H3. The first kappa shape index (κ1) is 24.8. The first-order valence-electron chi connectivity index (χ1n) is 11.3. The minimum Gasteiger partial charge on any atom is -0.494 e. The molecule has 0 spiro atoms. The molecule has 2 heterocycles. The van der Waals surface area contributed by atoms with Crippen molar-refractivity contribution in [1.29, 1.82) is 0 Å². The number of carbonyl (C=O) groups excluding carboxylic acids is 1. The van der Waals surface area contributed by atoms with Crippen LogP contribution in [-0.4, -0.2) is 36.1 Å². The summed E-state index contributed by atoms with van der Waals surface area (Å²) < 4.78 is 31.4. The highest BCUT2D eigenvalue weighted by Crippen LogP contribution is 2.32. The number of fused-ring (bicyclic) bond motifs is 1. The number of aromatic nitrogens is 2. The molecule has 0 unspecified atom stereocenters. The van der Waals surface area contributed by atoms with Gasteiger partial charge in [-0.25, -0.2) is 13.4 Å². The molecule has 0 bridgehead atoms. The maximum atomic E-state index is 13.5.